The highest BCUT2D eigenvalue weighted by molar-refractivity contribution is 5.88. The van der Waals surface area contributed by atoms with E-state index >= 15 is 0 Å². The molecule has 0 aliphatic carbocycles. The van der Waals surface area contributed by atoms with Gasteiger partial charge in [-0.25, -0.2) is 0 Å². The first-order valence-corrected chi connectivity index (χ1v) is 4.80. The Bertz CT molecular complexity index is 438. The van der Waals surface area contributed by atoms with E-state index in [0.717, 1.165) is 16.7 Å². The molecule has 1 aromatic heterocycles. The lowest BCUT2D eigenvalue weighted by Crippen LogP contribution is -2.22. The number of aliphatic hydroxyl groups is 2. The predicted octanol–water partition coefficient (Wildman–Crippen LogP) is 1.20. The lowest BCUT2D eigenvalue weighted by Gasteiger charge is -2.10. The molecule has 4 heteroatoms. The van der Waals surface area contributed by atoms with Crippen molar-refractivity contribution in [3.8, 4) is 0 Å². The maximum Gasteiger partial charge on any atom is 0.156 e. The Morgan fingerprint density at radius 3 is 3.00 bits per heavy atom. The van der Waals surface area contributed by atoms with Gasteiger partial charge in [0.1, 0.15) is 0 Å². The summed E-state index contributed by atoms with van der Waals surface area (Å²) in [5.41, 5.74) is 1.59. The zero-order valence-corrected chi connectivity index (χ0v) is 8.18. The van der Waals surface area contributed by atoms with Crippen molar-refractivity contribution in [1.82, 2.24) is 0 Å². The summed E-state index contributed by atoms with van der Waals surface area (Å²) in [7, 11) is 0. The molecule has 2 aromatic rings. The zero-order valence-electron chi connectivity index (χ0n) is 8.18. The molecule has 3 N–H and O–H groups in total. The van der Waals surface area contributed by atoms with Crippen molar-refractivity contribution in [2.75, 3.05) is 18.5 Å². The molecule has 0 bridgehead atoms. The van der Waals surface area contributed by atoms with Crippen LogP contribution in [-0.4, -0.2) is 29.5 Å². The summed E-state index contributed by atoms with van der Waals surface area (Å²) in [4.78, 5) is 0. The third-order valence-electron chi connectivity index (χ3n) is 2.22. The third kappa shape index (κ3) is 2.11. The van der Waals surface area contributed by atoms with Crippen LogP contribution in [0.25, 0.3) is 11.0 Å². The Labute approximate surface area is 87.1 Å². The Hall–Kier alpha value is -1.52. The van der Waals surface area contributed by atoms with Crippen LogP contribution >= 0.6 is 0 Å². The monoisotopic (exact) mass is 207 g/mol. The molecule has 0 amide bonds. The van der Waals surface area contributed by atoms with Crippen molar-refractivity contribution >= 4 is 16.7 Å². The van der Waals surface area contributed by atoms with E-state index in [4.69, 9.17) is 9.52 Å². The molecule has 1 atom stereocenters. The molecule has 1 unspecified atom stereocenters. The first kappa shape index (κ1) is 10.0. The molecule has 0 saturated heterocycles. The molecule has 0 fully saturated rings. The highest BCUT2D eigenvalue weighted by Gasteiger charge is 2.05. The molecular formula is C11H13NO3. The Balaban J connectivity index is 2.17. The van der Waals surface area contributed by atoms with Gasteiger partial charge in [-0.1, -0.05) is 12.1 Å². The van der Waals surface area contributed by atoms with Crippen LogP contribution in [0.1, 0.15) is 0 Å². The molecule has 15 heavy (non-hydrogen) atoms. The highest BCUT2D eigenvalue weighted by Crippen LogP contribution is 2.23. The summed E-state index contributed by atoms with van der Waals surface area (Å²) in [5.74, 6) is 0. The summed E-state index contributed by atoms with van der Waals surface area (Å²) in [6, 6.07) is 7.61. The molecule has 0 spiro atoms. The lowest BCUT2D eigenvalue weighted by atomic mass is 10.2. The van der Waals surface area contributed by atoms with Crippen LogP contribution in [0.3, 0.4) is 0 Å². The second-order valence-corrected chi connectivity index (χ2v) is 3.36. The summed E-state index contributed by atoms with van der Waals surface area (Å²) >= 11 is 0. The van der Waals surface area contributed by atoms with E-state index in [1.54, 1.807) is 6.26 Å². The molecule has 0 radical (unpaired) electrons. The van der Waals surface area contributed by atoms with Crippen molar-refractivity contribution in [2.24, 2.45) is 0 Å². The van der Waals surface area contributed by atoms with E-state index in [1.165, 1.54) is 0 Å². The zero-order chi connectivity index (χ0) is 10.7. The fourth-order valence-corrected chi connectivity index (χ4v) is 1.42. The van der Waals surface area contributed by atoms with Gasteiger partial charge in [-0.2, -0.15) is 0 Å². The number of para-hydroxylation sites is 1. The van der Waals surface area contributed by atoms with E-state index in [0.29, 0.717) is 6.54 Å². The minimum absolute atomic E-state index is 0.249. The van der Waals surface area contributed by atoms with Crippen LogP contribution in [-0.2, 0) is 0 Å². The Kier molecular flexibility index (Phi) is 2.89. The van der Waals surface area contributed by atoms with E-state index in [-0.39, 0.29) is 6.61 Å². The first-order valence-electron chi connectivity index (χ1n) is 4.80. The summed E-state index contributed by atoms with van der Waals surface area (Å²) in [6.45, 7) is 0.0530. The van der Waals surface area contributed by atoms with Crippen LogP contribution in [0.2, 0.25) is 0 Å². The molecule has 80 valence electrons. The number of hydrogen-bond donors (Lipinski definition) is 3. The number of furan rings is 1. The molecule has 0 aliphatic rings. The largest absolute Gasteiger partial charge is 0.462 e. The second kappa shape index (κ2) is 4.33. The normalized spacial score (nSPS) is 12.9. The van der Waals surface area contributed by atoms with Crippen molar-refractivity contribution in [3.63, 3.8) is 0 Å². The van der Waals surface area contributed by atoms with Gasteiger partial charge in [-0.15, -0.1) is 0 Å². The van der Waals surface area contributed by atoms with Crippen molar-refractivity contribution in [2.45, 2.75) is 6.10 Å². The minimum atomic E-state index is -0.754. The van der Waals surface area contributed by atoms with Gasteiger partial charge in [0.05, 0.1) is 24.7 Å². The van der Waals surface area contributed by atoms with Gasteiger partial charge in [-0.05, 0) is 12.1 Å². The minimum Gasteiger partial charge on any atom is -0.462 e. The topological polar surface area (TPSA) is 65.6 Å². The van der Waals surface area contributed by atoms with Gasteiger partial charge in [-0.3, -0.25) is 0 Å². The van der Waals surface area contributed by atoms with Crippen LogP contribution in [0.5, 0.6) is 0 Å². The summed E-state index contributed by atoms with van der Waals surface area (Å²) < 4.78 is 5.31. The van der Waals surface area contributed by atoms with Crippen LogP contribution in [0.15, 0.2) is 34.9 Å². The maximum atomic E-state index is 9.20. The number of benzene rings is 1. The fourth-order valence-electron chi connectivity index (χ4n) is 1.42. The molecule has 4 nitrogen and oxygen atoms in total. The summed E-state index contributed by atoms with van der Waals surface area (Å²) in [5, 5.41) is 21.9. The number of nitrogens with one attached hydrogen (secondary N) is 1. The van der Waals surface area contributed by atoms with Gasteiger partial charge >= 0.3 is 0 Å². The van der Waals surface area contributed by atoms with Gasteiger partial charge in [0, 0.05) is 11.9 Å². The Morgan fingerprint density at radius 1 is 1.33 bits per heavy atom. The smallest absolute Gasteiger partial charge is 0.156 e. The lowest BCUT2D eigenvalue weighted by molar-refractivity contribution is 0.105. The summed E-state index contributed by atoms with van der Waals surface area (Å²) in [6.07, 6.45) is 0.869. The predicted molar refractivity (Wildman–Crippen MR) is 57.8 cm³/mol. The van der Waals surface area contributed by atoms with Gasteiger partial charge < -0.3 is 19.9 Å². The number of rotatable bonds is 4. The third-order valence-corrected chi connectivity index (χ3v) is 2.22. The molecule has 1 aromatic carbocycles. The van der Waals surface area contributed by atoms with E-state index in [9.17, 15) is 5.11 Å². The van der Waals surface area contributed by atoms with Gasteiger partial charge in [0.2, 0.25) is 0 Å². The van der Waals surface area contributed by atoms with E-state index in [2.05, 4.69) is 5.32 Å². The first-order chi connectivity index (χ1) is 7.31. The standard InChI is InChI=1S/C11H13NO3/c13-7-9(14)6-12-10-3-1-2-8-4-5-15-11(8)10/h1-5,9,12-14H,6-7H2. The van der Waals surface area contributed by atoms with E-state index < -0.39 is 6.10 Å². The molecule has 0 aliphatic heterocycles. The van der Waals surface area contributed by atoms with Crippen molar-refractivity contribution in [1.29, 1.82) is 0 Å². The fraction of sp³-hybridized carbons (Fsp3) is 0.273. The maximum absolute atomic E-state index is 9.20. The van der Waals surface area contributed by atoms with Crippen LogP contribution in [0, 0.1) is 0 Å². The average Bonchev–Trinajstić information content (AvgIpc) is 2.74. The Morgan fingerprint density at radius 2 is 2.20 bits per heavy atom. The van der Waals surface area contributed by atoms with Crippen molar-refractivity contribution in [3.05, 3.63) is 30.5 Å². The number of aliphatic hydroxyl groups excluding tert-OH is 2. The SMILES string of the molecule is OCC(O)CNc1cccc2ccoc12. The molecule has 2 rings (SSSR count). The molecule has 0 saturated carbocycles. The molecule has 1 heterocycles. The second-order valence-electron chi connectivity index (χ2n) is 3.36. The number of anilines is 1. The average molecular weight is 207 g/mol. The number of hydrogen-bond acceptors (Lipinski definition) is 4. The van der Waals surface area contributed by atoms with E-state index in [1.807, 2.05) is 24.3 Å². The highest BCUT2D eigenvalue weighted by atomic mass is 16.3. The van der Waals surface area contributed by atoms with Crippen LogP contribution in [0.4, 0.5) is 5.69 Å². The molecular weight excluding hydrogens is 194 g/mol. The van der Waals surface area contributed by atoms with Gasteiger partial charge in [0.25, 0.3) is 0 Å². The number of fused-ring (bicyclic) bond motifs is 1. The van der Waals surface area contributed by atoms with Crippen LogP contribution < -0.4 is 5.32 Å². The van der Waals surface area contributed by atoms with Crippen molar-refractivity contribution < 1.29 is 14.6 Å². The quantitative estimate of drug-likeness (QED) is 0.704. The van der Waals surface area contributed by atoms with Gasteiger partial charge in [0.15, 0.2) is 5.58 Å².